The Morgan fingerprint density at radius 1 is 1.26 bits per heavy atom. The molecule has 0 aliphatic carbocycles. The van der Waals surface area contributed by atoms with Gasteiger partial charge in [0.2, 0.25) is 0 Å². The number of amides is 1. The molecule has 2 aromatic carbocycles. The summed E-state index contributed by atoms with van der Waals surface area (Å²) in [7, 11) is 0. The first-order valence-corrected chi connectivity index (χ1v) is 10.1. The summed E-state index contributed by atoms with van der Waals surface area (Å²) in [5, 5.41) is 0. The molecule has 0 aliphatic rings. The molecular formula is C17H15BrN2OS2. The molecule has 0 unspecified atom stereocenters. The van der Waals surface area contributed by atoms with Crippen molar-refractivity contribution in [3.8, 4) is 0 Å². The Bertz CT molecular complexity index is 900. The Hall–Kier alpha value is -1.37. The molecule has 0 N–H and O–H groups in total. The fraction of sp³-hybridized carbons (Fsp3) is 0.176. The molecule has 1 aromatic heterocycles. The van der Waals surface area contributed by atoms with Crippen LogP contribution < -0.4 is 4.80 Å². The number of rotatable bonds is 4. The van der Waals surface area contributed by atoms with E-state index in [0.29, 0.717) is 5.56 Å². The molecule has 0 bridgehead atoms. The van der Waals surface area contributed by atoms with Crippen LogP contribution in [0.25, 0.3) is 10.2 Å². The van der Waals surface area contributed by atoms with Crippen molar-refractivity contribution in [2.24, 2.45) is 4.99 Å². The lowest BCUT2D eigenvalue weighted by Crippen LogP contribution is -2.18. The third-order valence-corrected chi connectivity index (χ3v) is 5.51. The molecule has 3 nitrogen and oxygen atoms in total. The van der Waals surface area contributed by atoms with Crippen molar-refractivity contribution in [3.05, 3.63) is 63.4 Å². The zero-order valence-electron chi connectivity index (χ0n) is 12.5. The van der Waals surface area contributed by atoms with Crippen LogP contribution in [-0.2, 0) is 6.54 Å². The first-order valence-electron chi connectivity index (χ1n) is 7.11. The van der Waals surface area contributed by atoms with E-state index in [-0.39, 0.29) is 5.91 Å². The van der Waals surface area contributed by atoms with E-state index in [4.69, 9.17) is 0 Å². The molecule has 1 heterocycles. The van der Waals surface area contributed by atoms with Crippen LogP contribution in [0.3, 0.4) is 0 Å². The maximum atomic E-state index is 12.4. The number of fused-ring (bicyclic) bond motifs is 1. The molecule has 3 rings (SSSR count). The van der Waals surface area contributed by atoms with Crippen LogP contribution in [0, 0.1) is 0 Å². The summed E-state index contributed by atoms with van der Waals surface area (Å²) in [4.78, 5) is 17.5. The van der Waals surface area contributed by atoms with Gasteiger partial charge in [-0.1, -0.05) is 45.5 Å². The van der Waals surface area contributed by atoms with Gasteiger partial charge in [-0.3, -0.25) is 4.79 Å². The maximum Gasteiger partial charge on any atom is 0.279 e. The molecule has 0 saturated carbocycles. The van der Waals surface area contributed by atoms with Crippen molar-refractivity contribution in [2.75, 3.05) is 12.0 Å². The van der Waals surface area contributed by atoms with Gasteiger partial charge in [-0.2, -0.15) is 16.8 Å². The quantitative estimate of drug-likeness (QED) is 0.635. The van der Waals surface area contributed by atoms with Crippen molar-refractivity contribution in [1.82, 2.24) is 4.57 Å². The largest absolute Gasteiger partial charge is 0.316 e. The second kappa shape index (κ2) is 7.47. The summed E-state index contributed by atoms with van der Waals surface area (Å²) in [6.45, 7) is 0.837. The van der Waals surface area contributed by atoms with Crippen LogP contribution in [0.5, 0.6) is 0 Å². The van der Waals surface area contributed by atoms with Gasteiger partial charge in [0.25, 0.3) is 5.91 Å². The number of benzene rings is 2. The third-order valence-electron chi connectivity index (χ3n) is 3.38. The van der Waals surface area contributed by atoms with Crippen molar-refractivity contribution in [3.63, 3.8) is 0 Å². The van der Waals surface area contributed by atoms with Crippen LogP contribution in [0.4, 0.5) is 0 Å². The second-order valence-electron chi connectivity index (χ2n) is 4.92. The highest BCUT2D eigenvalue weighted by molar-refractivity contribution is 9.10. The van der Waals surface area contributed by atoms with E-state index < -0.39 is 0 Å². The minimum Gasteiger partial charge on any atom is -0.316 e. The number of thioether (sulfide) groups is 1. The van der Waals surface area contributed by atoms with Gasteiger partial charge in [-0.05, 0) is 36.6 Å². The van der Waals surface area contributed by atoms with Crippen LogP contribution in [0.1, 0.15) is 10.4 Å². The molecule has 0 saturated heterocycles. The smallest absolute Gasteiger partial charge is 0.279 e. The Balaban J connectivity index is 2.11. The fourth-order valence-corrected chi connectivity index (χ4v) is 4.23. The molecule has 0 radical (unpaired) electrons. The van der Waals surface area contributed by atoms with E-state index in [1.165, 1.54) is 0 Å². The Morgan fingerprint density at radius 3 is 2.78 bits per heavy atom. The van der Waals surface area contributed by atoms with Crippen molar-refractivity contribution in [2.45, 2.75) is 6.54 Å². The topological polar surface area (TPSA) is 34.4 Å². The molecule has 0 aliphatic heterocycles. The molecule has 6 heteroatoms. The van der Waals surface area contributed by atoms with E-state index in [1.807, 2.05) is 24.3 Å². The molecule has 1 amide bonds. The summed E-state index contributed by atoms with van der Waals surface area (Å²) in [5.41, 5.74) is 1.73. The minimum absolute atomic E-state index is 0.200. The number of carbonyl (C=O) groups excluding carboxylic acids is 1. The van der Waals surface area contributed by atoms with E-state index in [0.717, 1.165) is 31.8 Å². The molecule has 118 valence electrons. The van der Waals surface area contributed by atoms with E-state index in [2.05, 4.69) is 43.9 Å². The molecule has 0 fully saturated rings. The first-order chi connectivity index (χ1) is 11.2. The number of hydrogen-bond acceptors (Lipinski definition) is 3. The molecule has 23 heavy (non-hydrogen) atoms. The average molecular weight is 407 g/mol. The summed E-state index contributed by atoms with van der Waals surface area (Å²) in [6.07, 6.45) is 2.08. The number of aromatic nitrogens is 1. The van der Waals surface area contributed by atoms with Gasteiger partial charge >= 0.3 is 0 Å². The number of carbonyl (C=O) groups is 1. The number of hydrogen-bond donors (Lipinski definition) is 0. The summed E-state index contributed by atoms with van der Waals surface area (Å²) < 4.78 is 4.29. The number of nitrogens with zero attached hydrogens (tertiary/aromatic N) is 2. The first kappa shape index (κ1) is 16.5. The highest BCUT2D eigenvalue weighted by Gasteiger charge is 2.09. The van der Waals surface area contributed by atoms with E-state index in [9.17, 15) is 4.79 Å². The summed E-state index contributed by atoms with van der Waals surface area (Å²) in [5.74, 6) is 0.781. The normalized spacial score (nSPS) is 12.0. The predicted octanol–water partition coefficient (Wildman–Crippen LogP) is 4.57. The lowest BCUT2D eigenvalue weighted by Gasteiger charge is -2.03. The standard InChI is InChI=1S/C17H15BrN2OS2/c1-22-10-9-20-14-8-7-13(18)11-15(14)23-17(20)19-16(21)12-5-3-2-4-6-12/h2-8,11H,9-10H2,1H3. The SMILES string of the molecule is CSCCn1c(=NC(=O)c2ccccc2)sc2cc(Br)ccc21. The van der Waals surface area contributed by atoms with Gasteiger partial charge < -0.3 is 4.57 Å². The van der Waals surface area contributed by atoms with E-state index >= 15 is 0 Å². The summed E-state index contributed by atoms with van der Waals surface area (Å²) in [6, 6.07) is 15.4. The fourth-order valence-electron chi connectivity index (χ4n) is 2.26. The average Bonchev–Trinajstić information content (AvgIpc) is 2.89. The monoisotopic (exact) mass is 406 g/mol. The highest BCUT2D eigenvalue weighted by atomic mass is 79.9. The molecule has 3 aromatic rings. The number of aryl methyl sites for hydroxylation is 1. The number of thiazole rings is 1. The Morgan fingerprint density at radius 2 is 2.04 bits per heavy atom. The lowest BCUT2D eigenvalue weighted by molar-refractivity contribution is 0.0998. The Labute approximate surface area is 151 Å². The second-order valence-corrected chi connectivity index (χ2v) is 7.83. The van der Waals surface area contributed by atoms with Crippen molar-refractivity contribution >= 4 is 55.2 Å². The van der Waals surface area contributed by atoms with Gasteiger partial charge in [0, 0.05) is 22.3 Å². The Kier molecular flexibility index (Phi) is 5.35. The summed E-state index contributed by atoms with van der Waals surface area (Å²) >= 11 is 6.83. The van der Waals surface area contributed by atoms with Gasteiger partial charge in [-0.15, -0.1) is 0 Å². The zero-order valence-corrected chi connectivity index (χ0v) is 15.7. The molecule has 0 spiro atoms. The van der Waals surface area contributed by atoms with Crippen molar-refractivity contribution < 1.29 is 4.79 Å². The van der Waals surface area contributed by atoms with Crippen molar-refractivity contribution in [1.29, 1.82) is 0 Å². The van der Waals surface area contributed by atoms with Gasteiger partial charge in [-0.25, -0.2) is 0 Å². The predicted molar refractivity (Wildman–Crippen MR) is 102 cm³/mol. The van der Waals surface area contributed by atoms with Crippen LogP contribution in [0.15, 0.2) is 58.0 Å². The highest BCUT2D eigenvalue weighted by Crippen LogP contribution is 2.22. The molecule has 0 atom stereocenters. The van der Waals surface area contributed by atoms with Crippen LogP contribution in [-0.4, -0.2) is 22.5 Å². The van der Waals surface area contributed by atoms with Crippen LogP contribution >= 0.6 is 39.0 Å². The number of halogens is 1. The minimum atomic E-state index is -0.200. The van der Waals surface area contributed by atoms with Gasteiger partial charge in [0.15, 0.2) is 4.80 Å². The molecular weight excluding hydrogens is 392 g/mol. The van der Waals surface area contributed by atoms with Gasteiger partial charge in [0.1, 0.15) is 0 Å². The lowest BCUT2D eigenvalue weighted by atomic mass is 10.2. The van der Waals surface area contributed by atoms with Crippen LogP contribution in [0.2, 0.25) is 0 Å². The maximum absolute atomic E-state index is 12.4. The van der Waals surface area contributed by atoms with E-state index in [1.54, 1.807) is 35.2 Å². The van der Waals surface area contributed by atoms with Gasteiger partial charge in [0.05, 0.1) is 10.2 Å². The zero-order chi connectivity index (χ0) is 16.2. The third kappa shape index (κ3) is 3.76.